The van der Waals surface area contributed by atoms with Gasteiger partial charge in [0.25, 0.3) is 0 Å². The van der Waals surface area contributed by atoms with E-state index in [9.17, 15) is 4.79 Å². The van der Waals surface area contributed by atoms with E-state index >= 15 is 0 Å². The molecular formula is C12H14O4. The third kappa shape index (κ3) is 1.71. The Balaban J connectivity index is 2.53. The topological polar surface area (TPSA) is 55.8 Å². The number of fused-ring (bicyclic) bond motifs is 1. The van der Waals surface area contributed by atoms with Crippen molar-refractivity contribution in [1.82, 2.24) is 0 Å². The summed E-state index contributed by atoms with van der Waals surface area (Å²) in [7, 11) is 0. The summed E-state index contributed by atoms with van der Waals surface area (Å²) in [5.74, 6) is -0.219. The Labute approximate surface area is 93.8 Å². The number of carboxylic acids is 1. The first-order valence-electron chi connectivity index (χ1n) is 5.23. The Kier molecular flexibility index (Phi) is 2.73. The second-order valence-corrected chi connectivity index (χ2v) is 3.88. The van der Waals surface area contributed by atoms with Crippen LogP contribution in [0.1, 0.15) is 24.0 Å². The number of rotatable bonds is 2. The van der Waals surface area contributed by atoms with E-state index in [1.807, 2.05) is 19.1 Å². The molecule has 4 heteroatoms. The predicted octanol–water partition coefficient (Wildman–Crippen LogP) is 1.95. The Morgan fingerprint density at radius 3 is 2.75 bits per heavy atom. The van der Waals surface area contributed by atoms with Gasteiger partial charge in [-0.05, 0) is 25.5 Å². The van der Waals surface area contributed by atoms with E-state index < -0.39 is 11.9 Å². The van der Waals surface area contributed by atoms with Crippen molar-refractivity contribution in [2.24, 2.45) is 0 Å². The van der Waals surface area contributed by atoms with Crippen molar-refractivity contribution in [2.75, 3.05) is 13.2 Å². The van der Waals surface area contributed by atoms with Gasteiger partial charge in [-0.15, -0.1) is 0 Å². The van der Waals surface area contributed by atoms with Gasteiger partial charge in [0.1, 0.15) is 13.2 Å². The highest BCUT2D eigenvalue weighted by molar-refractivity contribution is 5.78. The van der Waals surface area contributed by atoms with Crippen LogP contribution in [0, 0.1) is 6.92 Å². The number of hydrogen-bond acceptors (Lipinski definition) is 3. The first kappa shape index (κ1) is 10.8. The summed E-state index contributed by atoms with van der Waals surface area (Å²) in [6.07, 6.45) is 0. The van der Waals surface area contributed by atoms with E-state index in [0.717, 1.165) is 5.56 Å². The molecule has 4 nitrogen and oxygen atoms in total. The highest BCUT2D eigenvalue weighted by Crippen LogP contribution is 2.39. The molecule has 1 aliphatic heterocycles. The maximum atomic E-state index is 11.0. The van der Waals surface area contributed by atoms with Crippen LogP contribution in [-0.2, 0) is 4.79 Å². The maximum absolute atomic E-state index is 11.0. The highest BCUT2D eigenvalue weighted by Gasteiger charge is 2.25. The molecule has 1 aliphatic rings. The highest BCUT2D eigenvalue weighted by atomic mass is 16.6. The van der Waals surface area contributed by atoms with Gasteiger partial charge < -0.3 is 14.6 Å². The van der Waals surface area contributed by atoms with Gasteiger partial charge in [-0.3, -0.25) is 4.79 Å². The molecule has 0 aromatic heterocycles. The molecule has 86 valence electrons. The number of ether oxygens (including phenoxy) is 2. The molecule has 1 atom stereocenters. The summed E-state index contributed by atoms with van der Waals surface area (Å²) in [6.45, 7) is 4.52. The zero-order valence-electron chi connectivity index (χ0n) is 9.32. The van der Waals surface area contributed by atoms with Crippen LogP contribution in [0.15, 0.2) is 12.1 Å². The van der Waals surface area contributed by atoms with E-state index in [1.54, 1.807) is 6.92 Å². The Morgan fingerprint density at radius 2 is 2.06 bits per heavy atom. The lowest BCUT2D eigenvalue weighted by Gasteiger charge is -2.23. The standard InChI is InChI=1S/C12H14O4/c1-7-3-4-9-11(16-6-5-15-9)10(7)8(2)12(13)14/h3-4,8H,5-6H2,1-2H3,(H,13,14). The van der Waals surface area contributed by atoms with Crippen molar-refractivity contribution in [3.63, 3.8) is 0 Å². The number of hydrogen-bond donors (Lipinski definition) is 1. The summed E-state index contributed by atoms with van der Waals surface area (Å²) in [6, 6.07) is 3.68. The lowest BCUT2D eigenvalue weighted by Crippen LogP contribution is -2.19. The van der Waals surface area contributed by atoms with Crippen LogP contribution in [0.3, 0.4) is 0 Å². The molecule has 0 saturated heterocycles. The minimum atomic E-state index is -0.856. The molecule has 1 aromatic carbocycles. The lowest BCUT2D eigenvalue weighted by molar-refractivity contribution is -0.138. The SMILES string of the molecule is Cc1ccc2c(c1C(C)C(=O)O)OCCO2. The van der Waals surface area contributed by atoms with E-state index in [4.69, 9.17) is 14.6 Å². The van der Waals surface area contributed by atoms with E-state index in [2.05, 4.69) is 0 Å². The molecule has 0 amide bonds. The van der Waals surface area contributed by atoms with Crippen molar-refractivity contribution in [3.05, 3.63) is 23.3 Å². The molecule has 1 unspecified atom stereocenters. The zero-order valence-corrected chi connectivity index (χ0v) is 9.32. The molecule has 0 spiro atoms. The average molecular weight is 222 g/mol. The fourth-order valence-electron chi connectivity index (χ4n) is 1.90. The minimum absolute atomic E-state index is 0.468. The second kappa shape index (κ2) is 4.04. The van der Waals surface area contributed by atoms with E-state index in [0.29, 0.717) is 30.3 Å². The molecule has 0 radical (unpaired) electrons. The van der Waals surface area contributed by atoms with Crippen molar-refractivity contribution in [1.29, 1.82) is 0 Å². The van der Waals surface area contributed by atoms with Crippen LogP contribution in [-0.4, -0.2) is 24.3 Å². The van der Waals surface area contributed by atoms with Crippen molar-refractivity contribution < 1.29 is 19.4 Å². The van der Waals surface area contributed by atoms with Gasteiger partial charge in [-0.1, -0.05) is 6.07 Å². The van der Waals surface area contributed by atoms with Crippen molar-refractivity contribution >= 4 is 5.97 Å². The second-order valence-electron chi connectivity index (χ2n) is 3.88. The van der Waals surface area contributed by atoms with Crippen LogP contribution in [0.5, 0.6) is 11.5 Å². The molecule has 16 heavy (non-hydrogen) atoms. The lowest BCUT2D eigenvalue weighted by atomic mass is 9.95. The third-order valence-electron chi connectivity index (χ3n) is 2.77. The van der Waals surface area contributed by atoms with Gasteiger partial charge in [0.05, 0.1) is 5.92 Å². The van der Waals surface area contributed by atoms with Gasteiger partial charge in [0.15, 0.2) is 11.5 Å². The van der Waals surface area contributed by atoms with Gasteiger partial charge in [0.2, 0.25) is 0 Å². The maximum Gasteiger partial charge on any atom is 0.310 e. The smallest absolute Gasteiger partial charge is 0.310 e. The normalized spacial score (nSPS) is 15.6. The number of carboxylic acid groups (broad SMARTS) is 1. The molecule has 1 heterocycles. The van der Waals surface area contributed by atoms with E-state index in [-0.39, 0.29) is 0 Å². The van der Waals surface area contributed by atoms with Crippen LogP contribution in [0.2, 0.25) is 0 Å². The zero-order chi connectivity index (χ0) is 11.7. The largest absolute Gasteiger partial charge is 0.486 e. The van der Waals surface area contributed by atoms with Gasteiger partial charge in [0, 0.05) is 5.56 Å². The number of carbonyl (C=O) groups is 1. The minimum Gasteiger partial charge on any atom is -0.486 e. The number of aliphatic carboxylic acids is 1. The molecule has 0 bridgehead atoms. The quantitative estimate of drug-likeness (QED) is 0.831. The Morgan fingerprint density at radius 1 is 1.38 bits per heavy atom. The van der Waals surface area contributed by atoms with Gasteiger partial charge in [-0.2, -0.15) is 0 Å². The van der Waals surface area contributed by atoms with Crippen LogP contribution < -0.4 is 9.47 Å². The monoisotopic (exact) mass is 222 g/mol. The number of aryl methyl sites for hydroxylation is 1. The van der Waals surface area contributed by atoms with E-state index in [1.165, 1.54) is 0 Å². The molecule has 0 aliphatic carbocycles. The predicted molar refractivity (Wildman–Crippen MR) is 58.2 cm³/mol. The number of benzene rings is 1. The van der Waals surface area contributed by atoms with Crippen LogP contribution >= 0.6 is 0 Å². The Bertz CT molecular complexity index is 425. The van der Waals surface area contributed by atoms with Crippen molar-refractivity contribution in [3.8, 4) is 11.5 Å². The first-order chi connectivity index (χ1) is 7.61. The molecule has 0 saturated carbocycles. The summed E-state index contributed by atoms with van der Waals surface area (Å²) in [5, 5.41) is 9.07. The summed E-state index contributed by atoms with van der Waals surface area (Å²) in [4.78, 5) is 11.0. The summed E-state index contributed by atoms with van der Waals surface area (Å²) in [5.41, 5.74) is 1.63. The fourth-order valence-corrected chi connectivity index (χ4v) is 1.90. The molecule has 0 fully saturated rings. The third-order valence-corrected chi connectivity index (χ3v) is 2.77. The molecular weight excluding hydrogens is 208 g/mol. The Hall–Kier alpha value is -1.71. The first-order valence-corrected chi connectivity index (χ1v) is 5.23. The summed E-state index contributed by atoms with van der Waals surface area (Å²) < 4.78 is 10.9. The fraction of sp³-hybridized carbons (Fsp3) is 0.417. The summed E-state index contributed by atoms with van der Waals surface area (Å²) >= 11 is 0. The molecule has 2 rings (SSSR count). The molecule has 1 aromatic rings. The molecule has 1 N–H and O–H groups in total. The van der Waals surface area contributed by atoms with Crippen LogP contribution in [0.4, 0.5) is 0 Å². The van der Waals surface area contributed by atoms with Gasteiger partial charge in [-0.25, -0.2) is 0 Å². The van der Waals surface area contributed by atoms with Crippen LogP contribution in [0.25, 0.3) is 0 Å². The average Bonchev–Trinajstić information content (AvgIpc) is 2.28. The van der Waals surface area contributed by atoms with Crippen molar-refractivity contribution in [2.45, 2.75) is 19.8 Å². The van der Waals surface area contributed by atoms with Gasteiger partial charge >= 0.3 is 5.97 Å².